The van der Waals surface area contributed by atoms with E-state index < -0.39 is 5.82 Å². The molecule has 0 unspecified atom stereocenters. The molecule has 1 heterocycles. The fraction of sp³-hybridized carbons (Fsp3) is 0. The van der Waals surface area contributed by atoms with Crippen molar-refractivity contribution in [3.63, 3.8) is 0 Å². The monoisotopic (exact) mass is 274 g/mol. The van der Waals surface area contributed by atoms with Crippen molar-refractivity contribution >= 4 is 23.2 Å². The Morgan fingerprint density at radius 3 is 2.71 bits per heavy atom. The number of aromatic nitrogens is 2. The molecule has 0 radical (unpaired) electrons. The summed E-state index contributed by atoms with van der Waals surface area (Å²) in [5.41, 5.74) is 0. The van der Waals surface area contributed by atoms with Crippen molar-refractivity contribution in [1.29, 1.82) is 0 Å². The second-order valence-electron chi connectivity index (χ2n) is 3.01. The Bertz CT molecular complexity index is 566. The van der Waals surface area contributed by atoms with E-state index in [2.05, 4.69) is 10.2 Å². The van der Waals surface area contributed by atoms with Crippen molar-refractivity contribution in [2.45, 2.75) is 0 Å². The molecule has 0 aliphatic heterocycles. The number of halogens is 3. The minimum atomic E-state index is -0.745. The Kier molecular flexibility index (Phi) is 3.31. The number of nitrogens with zero attached hydrogens (tertiary/aromatic N) is 2. The first-order valence-electron chi connectivity index (χ1n) is 4.42. The third-order valence-electron chi connectivity index (χ3n) is 1.83. The van der Waals surface area contributed by atoms with Crippen LogP contribution in [0.5, 0.6) is 17.4 Å². The normalized spacial score (nSPS) is 10.3. The average molecular weight is 275 g/mol. The van der Waals surface area contributed by atoms with Gasteiger partial charge < -0.3 is 9.84 Å². The van der Waals surface area contributed by atoms with E-state index in [0.717, 1.165) is 6.07 Å². The summed E-state index contributed by atoms with van der Waals surface area (Å²) < 4.78 is 18.5. The van der Waals surface area contributed by atoms with Crippen molar-refractivity contribution in [3.8, 4) is 17.4 Å². The molecule has 1 aromatic heterocycles. The molecule has 0 fully saturated rings. The van der Waals surface area contributed by atoms with Gasteiger partial charge in [-0.1, -0.05) is 29.3 Å². The third kappa shape index (κ3) is 2.57. The van der Waals surface area contributed by atoms with Crippen LogP contribution in [0.25, 0.3) is 0 Å². The van der Waals surface area contributed by atoms with Gasteiger partial charge in [-0.2, -0.15) is 0 Å². The Hall–Kier alpha value is -1.59. The van der Waals surface area contributed by atoms with Gasteiger partial charge in [0.2, 0.25) is 0 Å². The number of aromatic hydroxyl groups is 1. The average Bonchev–Trinajstić information content (AvgIpc) is 2.28. The highest BCUT2D eigenvalue weighted by atomic mass is 35.5. The van der Waals surface area contributed by atoms with E-state index in [-0.39, 0.29) is 27.6 Å². The van der Waals surface area contributed by atoms with Gasteiger partial charge in [-0.05, 0) is 12.1 Å². The summed E-state index contributed by atoms with van der Waals surface area (Å²) in [7, 11) is 0. The van der Waals surface area contributed by atoms with Crippen molar-refractivity contribution < 1.29 is 14.2 Å². The lowest BCUT2D eigenvalue weighted by Crippen LogP contribution is -1.93. The summed E-state index contributed by atoms with van der Waals surface area (Å²) in [6.45, 7) is 0. The maximum absolute atomic E-state index is 13.5. The highest BCUT2D eigenvalue weighted by Crippen LogP contribution is 2.32. The molecule has 1 N–H and O–H groups in total. The molecular weight excluding hydrogens is 270 g/mol. The summed E-state index contributed by atoms with van der Waals surface area (Å²) in [5.74, 6) is -1.50. The van der Waals surface area contributed by atoms with Gasteiger partial charge in [0.1, 0.15) is 0 Å². The van der Waals surface area contributed by atoms with Crippen LogP contribution in [0.1, 0.15) is 0 Å². The van der Waals surface area contributed by atoms with Crippen LogP contribution in [-0.2, 0) is 0 Å². The van der Waals surface area contributed by atoms with Gasteiger partial charge in [0.25, 0.3) is 5.88 Å². The highest BCUT2D eigenvalue weighted by molar-refractivity contribution is 6.30. The first kappa shape index (κ1) is 11.9. The van der Waals surface area contributed by atoms with Gasteiger partial charge in [0.15, 0.2) is 22.5 Å². The van der Waals surface area contributed by atoms with Crippen LogP contribution in [0.15, 0.2) is 24.3 Å². The van der Waals surface area contributed by atoms with Gasteiger partial charge in [-0.25, -0.2) is 4.39 Å². The highest BCUT2D eigenvalue weighted by Gasteiger charge is 2.12. The molecule has 0 saturated carbocycles. The maximum atomic E-state index is 13.5. The number of hydrogen-bond acceptors (Lipinski definition) is 4. The van der Waals surface area contributed by atoms with Crippen LogP contribution in [-0.4, -0.2) is 15.3 Å². The quantitative estimate of drug-likeness (QED) is 0.912. The zero-order chi connectivity index (χ0) is 12.4. The van der Waals surface area contributed by atoms with E-state index in [9.17, 15) is 9.50 Å². The lowest BCUT2D eigenvalue weighted by atomic mass is 10.3. The zero-order valence-corrected chi connectivity index (χ0v) is 9.71. The van der Waals surface area contributed by atoms with E-state index >= 15 is 0 Å². The Labute approximate surface area is 106 Å². The number of ether oxygens (including phenoxy) is 1. The summed E-state index contributed by atoms with van der Waals surface area (Å²) >= 11 is 11.1. The van der Waals surface area contributed by atoms with E-state index in [1.165, 1.54) is 18.2 Å². The van der Waals surface area contributed by atoms with Crippen LogP contribution in [0.2, 0.25) is 10.2 Å². The molecule has 0 bridgehead atoms. The maximum Gasteiger partial charge on any atom is 0.281 e. The van der Waals surface area contributed by atoms with Crippen LogP contribution >= 0.6 is 23.2 Å². The van der Waals surface area contributed by atoms with Gasteiger partial charge in [0, 0.05) is 6.07 Å². The molecule has 2 aromatic rings. The molecule has 0 saturated heterocycles. The summed E-state index contributed by atoms with van der Waals surface area (Å²) in [6, 6.07) is 5.35. The number of benzene rings is 1. The predicted molar refractivity (Wildman–Crippen MR) is 60.2 cm³/mol. The number of hydrogen-bond donors (Lipinski definition) is 1. The van der Waals surface area contributed by atoms with Crippen LogP contribution in [0.4, 0.5) is 4.39 Å². The Balaban J connectivity index is 2.35. The molecule has 1 aromatic carbocycles. The Morgan fingerprint density at radius 2 is 2.00 bits per heavy atom. The first-order chi connectivity index (χ1) is 8.08. The molecule has 2 rings (SSSR count). The first-order valence-corrected chi connectivity index (χ1v) is 5.17. The van der Waals surface area contributed by atoms with Crippen molar-refractivity contribution in [2.24, 2.45) is 0 Å². The molecule has 88 valence electrons. The largest absolute Gasteiger partial charge is 0.503 e. The molecule has 0 amide bonds. The van der Waals surface area contributed by atoms with Gasteiger partial charge in [-0.3, -0.25) is 0 Å². The lowest BCUT2D eigenvalue weighted by molar-refractivity contribution is 0.377. The molecule has 17 heavy (non-hydrogen) atoms. The third-order valence-corrected chi connectivity index (χ3v) is 2.31. The minimum Gasteiger partial charge on any atom is -0.503 e. The van der Waals surface area contributed by atoms with Gasteiger partial charge in [0.05, 0.1) is 5.02 Å². The fourth-order valence-electron chi connectivity index (χ4n) is 1.09. The SMILES string of the molecule is Oc1cc(Cl)nnc1Oc1cccc(Cl)c1F. The molecular formula is C10H5Cl2FN2O2. The van der Waals surface area contributed by atoms with Crippen molar-refractivity contribution in [3.05, 3.63) is 40.3 Å². The molecule has 0 aliphatic carbocycles. The standard InChI is InChI=1S/C10H5Cl2FN2O2/c11-5-2-1-3-7(9(5)13)17-10-6(16)4-8(12)14-15-10/h1-4H,(H,14,16). The van der Waals surface area contributed by atoms with E-state index in [4.69, 9.17) is 27.9 Å². The van der Waals surface area contributed by atoms with Crippen molar-refractivity contribution in [1.82, 2.24) is 10.2 Å². The summed E-state index contributed by atoms with van der Waals surface area (Å²) in [5, 5.41) is 16.3. The van der Waals surface area contributed by atoms with Crippen molar-refractivity contribution in [2.75, 3.05) is 0 Å². The van der Waals surface area contributed by atoms with Gasteiger partial charge >= 0.3 is 0 Å². The molecule has 7 heteroatoms. The molecule has 0 atom stereocenters. The van der Waals surface area contributed by atoms with Crippen LogP contribution in [0, 0.1) is 5.82 Å². The van der Waals surface area contributed by atoms with E-state index in [1.807, 2.05) is 0 Å². The minimum absolute atomic E-state index is 0.00131. The van der Waals surface area contributed by atoms with E-state index in [0.29, 0.717) is 0 Å². The van der Waals surface area contributed by atoms with Crippen LogP contribution < -0.4 is 4.74 Å². The van der Waals surface area contributed by atoms with E-state index in [1.54, 1.807) is 0 Å². The topological polar surface area (TPSA) is 55.2 Å². The number of rotatable bonds is 2. The summed E-state index contributed by atoms with van der Waals surface area (Å²) in [4.78, 5) is 0. The van der Waals surface area contributed by atoms with Gasteiger partial charge in [-0.15, -0.1) is 10.2 Å². The molecule has 0 spiro atoms. The zero-order valence-electron chi connectivity index (χ0n) is 8.19. The second-order valence-corrected chi connectivity index (χ2v) is 3.81. The second kappa shape index (κ2) is 4.73. The summed E-state index contributed by atoms with van der Waals surface area (Å²) in [6.07, 6.45) is 0. The lowest BCUT2D eigenvalue weighted by Gasteiger charge is -2.07. The van der Waals surface area contributed by atoms with Crippen LogP contribution in [0.3, 0.4) is 0 Å². The smallest absolute Gasteiger partial charge is 0.281 e. The molecule has 4 nitrogen and oxygen atoms in total. The predicted octanol–water partition coefficient (Wildman–Crippen LogP) is 3.42. The fourth-order valence-corrected chi connectivity index (χ4v) is 1.39. The molecule has 0 aliphatic rings. The Morgan fingerprint density at radius 1 is 1.24 bits per heavy atom.